The molecule has 1 saturated heterocycles. The summed E-state index contributed by atoms with van der Waals surface area (Å²) >= 11 is 0. The van der Waals surface area contributed by atoms with Crippen molar-refractivity contribution in [1.82, 2.24) is 9.80 Å². The van der Waals surface area contributed by atoms with Crippen LogP contribution in [0, 0.1) is 0 Å². The molecule has 3 rings (SSSR count). The van der Waals surface area contributed by atoms with Crippen molar-refractivity contribution in [2.45, 2.75) is 13.0 Å². The highest BCUT2D eigenvalue weighted by Crippen LogP contribution is 2.18. The lowest BCUT2D eigenvalue weighted by molar-refractivity contribution is 0.151. The van der Waals surface area contributed by atoms with Crippen LogP contribution in [0.3, 0.4) is 0 Å². The molecule has 0 atom stereocenters. The van der Waals surface area contributed by atoms with Crippen molar-refractivity contribution < 1.29 is 4.74 Å². The number of ether oxygens (including phenoxy) is 1. The van der Waals surface area contributed by atoms with Gasteiger partial charge in [-0.25, -0.2) is 0 Å². The van der Waals surface area contributed by atoms with Crippen LogP contribution in [0.25, 0.3) is 0 Å². The second-order valence-electron chi connectivity index (χ2n) is 5.79. The van der Waals surface area contributed by atoms with Gasteiger partial charge in [0.2, 0.25) is 0 Å². The fourth-order valence-electron chi connectivity index (χ4n) is 3.02. The van der Waals surface area contributed by atoms with Gasteiger partial charge in [0.05, 0.1) is 7.11 Å². The third-order valence-electron chi connectivity index (χ3n) is 4.29. The van der Waals surface area contributed by atoms with E-state index in [4.69, 9.17) is 4.74 Å². The molecule has 0 radical (unpaired) electrons. The first-order valence-electron chi connectivity index (χ1n) is 7.98. The molecule has 0 saturated carbocycles. The van der Waals surface area contributed by atoms with Gasteiger partial charge in [-0.05, 0) is 23.8 Å². The third kappa shape index (κ3) is 3.80. The van der Waals surface area contributed by atoms with Gasteiger partial charge in [0, 0.05) is 44.8 Å². The Bertz CT molecular complexity index is 581. The van der Waals surface area contributed by atoms with E-state index in [9.17, 15) is 0 Å². The molecule has 0 bridgehead atoms. The van der Waals surface area contributed by atoms with E-state index in [1.807, 2.05) is 6.07 Å². The lowest BCUT2D eigenvalue weighted by Gasteiger charge is -2.37. The zero-order valence-electron chi connectivity index (χ0n) is 13.2. The Labute approximate surface area is 133 Å². The Balaban J connectivity index is 1.54. The molecule has 0 N–H and O–H groups in total. The molecule has 2 aliphatic rings. The molecule has 0 amide bonds. The van der Waals surface area contributed by atoms with Crippen LogP contribution in [-0.4, -0.2) is 43.1 Å². The van der Waals surface area contributed by atoms with E-state index in [1.54, 1.807) is 7.11 Å². The van der Waals surface area contributed by atoms with Crippen molar-refractivity contribution >= 4 is 0 Å². The van der Waals surface area contributed by atoms with Crippen LogP contribution < -0.4 is 4.74 Å². The summed E-state index contributed by atoms with van der Waals surface area (Å²) in [5.74, 6) is 0.943. The van der Waals surface area contributed by atoms with E-state index in [0.29, 0.717) is 0 Å². The summed E-state index contributed by atoms with van der Waals surface area (Å²) in [6.45, 7) is 5.45. The van der Waals surface area contributed by atoms with E-state index in [2.05, 4.69) is 58.4 Å². The van der Waals surface area contributed by atoms with E-state index < -0.39 is 0 Å². The predicted molar refractivity (Wildman–Crippen MR) is 90.8 cm³/mol. The maximum absolute atomic E-state index is 5.31. The van der Waals surface area contributed by atoms with Crippen molar-refractivity contribution in [2.75, 3.05) is 33.3 Å². The smallest absolute Gasteiger partial charge is 0.119 e. The summed E-state index contributed by atoms with van der Waals surface area (Å²) in [5, 5.41) is 0. The van der Waals surface area contributed by atoms with E-state index >= 15 is 0 Å². The lowest BCUT2D eigenvalue weighted by atomic mass is 10.1. The Morgan fingerprint density at radius 1 is 1.05 bits per heavy atom. The molecule has 1 aliphatic carbocycles. The summed E-state index contributed by atoms with van der Waals surface area (Å²) in [6, 6.07) is 8.38. The van der Waals surface area contributed by atoms with Crippen LogP contribution in [0.1, 0.15) is 12.0 Å². The van der Waals surface area contributed by atoms with E-state index in [1.165, 1.54) is 11.3 Å². The van der Waals surface area contributed by atoms with Crippen molar-refractivity contribution in [2.24, 2.45) is 0 Å². The molecule has 1 aromatic carbocycles. The standard InChI is InChI=1S/C19H24N2O/c1-22-19-10-6-7-17(15-19)16-20-11-13-21(14-12-20)18-8-4-2-3-5-9-18/h2-8,10,15H,9,11-14,16H2,1H3. The zero-order valence-corrected chi connectivity index (χ0v) is 13.2. The molecule has 1 heterocycles. The van der Waals surface area contributed by atoms with Crippen LogP contribution in [0.4, 0.5) is 0 Å². The number of methoxy groups -OCH3 is 1. The van der Waals surface area contributed by atoms with Crippen molar-refractivity contribution in [3.05, 3.63) is 65.9 Å². The minimum absolute atomic E-state index is 0.943. The zero-order chi connectivity index (χ0) is 15.2. The van der Waals surface area contributed by atoms with E-state index in [0.717, 1.165) is 44.9 Å². The molecular weight excluding hydrogens is 272 g/mol. The number of hydrogen-bond donors (Lipinski definition) is 0. The van der Waals surface area contributed by atoms with Crippen LogP contribution in [-0.2, 0) is 6.54 Å². The SMILES string of the molecule is COc1cccc(CN2CCN(C3=CC=CC=CC3)CC2)c1. The van der Waals surface area contributed by atoms with Crippen LogP contribution >= 0.6 is 0 Å². The first kappa shape index (κ1) is 14.9. The summed E-state index contributed by atoms with van der Waals surface area (Å²) in [7, 11) is 1.72. The Morgan fingerprint density at radius 3 is 2.73 bits per heavy atom. The monoisotopic (exact) mass is 296 g/mol. The van der Waals surface area contributed by atoms with Gasteiger partial charge in [-0.3, -0.25) is 4.90 Å². The molecule has 1 aliphatic heterocycles. The number of allylic oxidation sites excluding steroid dienone is 5. The Hall–Kier alpha value is -2.00. The van der Waals surface area contributed by atoms with Gasteiger partial charge in [-0.15, -0.1) is 0 Å². The molecule has 22 heavy (non-hydrogen) atoms. The number of rotatable bonds is 4. The molecule has 1 fully saturated rings. The van der Waals surface area contributed by atoms with Crippen LogP contribution in [0.5, 0.6) is 5.75 Å². The van der Waals surface area contributed by atoms with Crippen molar-refractivity contribution in [3.63, 3.8) is 0 Å². The Morgan fingerprint density at radius 2 is 1.91 bits per heavy atom. The molecule has 3 nitrogen and oxygen atoms in total. The minimum atomic E-state index is 0.943. The number of benzene rings is 1. The Kier molecular flexibility index (Phi) is 4.96. The van der Waals surface area contributed by atoms with Gasteiger partial charge in [0.25, 0.3) is 0 Å². The van der Waals surface area contributed by atoms with Gasteiger partial charge in [0.15, 0.2) is 0 Å². The predicted octanol–water partition coefficient (Wildman–Crippen LogP) is 3.21. The van der Waals surface area contributed by atoms with Gasteiger partial charge in [-0.2, -0.15) is 0 Å². The highest BCUT2D eigenvalue weighted by Gasteiger charge is 2.18. The maximum Gasteiger partial charge on any atom is 0.119 e. The average Bonchev–Trinajstić information content (AvgIpc) is 2.85. The summed E-state index contributed by atoms with van der Waals surface area (Å²) in [5.41, 5.74) is 2.76. The fourth-order valence-corrected chi connectivity index (χ4v) is 3.02. The largest absolute Gasteiger partial charge is 0.497 e. The first-order chi connectivity index (χ1) is 10.8. The van der Waals surface area contributed by atoms with E-state index in [-0.39, 0.29) is 0 Å². The van der Waals surface area contributed by atoms with Crippen LogP contribution in [0.15, 0.2) is 60.3 Å². The van der Waals surface area contributed by atoms with Crippen molar-refractivity contribution in [1.29, 1.82) is 0 Å². The minimum Gasteiger partial charge on any atom is -0.497 e. The summed E-state index contributed by atoms with van der Waals surface area (Å²) < 4.78 is 5.31. The van der Waals surface area contributed by atoms with Crippen molar-refractivity contribution in [3.8, 4) is 5.75 Å². The molecule has 116 valence electrons. The third-order valence-corrected chi connectivity index (χ3v) is 4.29. The molecule has 1 aromatic rings. The summed E-state index contributed by atoms with van der Waals surface area (Å²) in [6.07, 6.45) is 11.9. The maximum atomic E-state index is 5.31. The highest BCUT2D eigenvalue weighted by molar-refractivity contribution is 5.28. The molecule has 0 unspecified atom stereocenters. The highest BCUT2D eigenvalue weighted by atomic mass is 16.5. The van der Waals surface area contributed by atoms with Gasteiger partial charge >= 0.3 is 0 Å². The van der Waals surface area contributed by atoms with Gasteiger partial charge in [0.1, 0.15) is 5.75 Å². The van der Waals surface area contributed by atoms with Gasteiger partial charge in [-0.1, -0.05) is 36.4 Å². The molecule has 3 heteroatoms. The topological polar surface area (TPSA) is 15.7 Å². The number of nitrogens with zero attached hydrogens (tertiary/aromatic N) is 2. The molecule has 0 aromatic heterocycles. The average molecular weight is 296 g/mol. The number of hydrogen-bond acceptors (Lipinski definition) is 3. The normalized spacial score (nSPS) is 19.0. The number of piperazine rings is 1. The van der Waals surface area contributed by atoms with Crippen LogP contribution in [0.2, 0.25) is 0 Å². The molecule has 0 spiro atoms. The quantitative estimate of drug-likeness (QED) is 0.848. The molecular formula is C19H24N2O. The second kappa shape index (κ2) is 7.32. The summed E-state index contributed by atoms with van der Waals surface area (Å²) in [4.78, 5) is 5.04. The first-order valence-corrected chi connectivity index (χ1v) is 7.98. The van der Waals surface area contributed by atoms with Gasteiger partial charge < -0.3 is 9.64 Å². The lowest BCUT2D eigenvalue weighted by Crippen LogP contribution is -2.45. The fraction of sp³-hybridized carbons (Fsp3) is 0.368. The second-order valence-corrected chi connectivity index (χ2v) is 5.79.